The molecule has 0 spiro atoms. The Morgan fingerprint density at radius 1 is 0.875 bits per heavy atom. The van der Waals surface area contributed by atoms with Crippen LogP contribution < -0.4 is 4.74 Å². The Morgan fingerprint density at radius 2 is 1.38 bits per heavy atom. The maximum Gasteiger partial charge on any atom is 0.341 e. The zero-order chi connectivity index (χ0) is 30.3. The molecule has 1 aromatic rings. The number of rotatable bonds is 12. The molecular weight excluding hydrogens is 600 g/mol. The molecule has 3 rings (SSSR count). The smallest absolute Gasteiger partial charge is 0.341 e. The van der Waals surface area contributed by atoms with Gasteiger partial charge in [0.25, 0.3) is 0 Å². The first-order valence-electron chi connectivity index (χ1n) is 15.5. The highest BCUT2D eigenvalue weighted by Crippen LogP contribution is 2.56. The zero-order valence-corrected chi connectivity index (χ0v) is 30.8. The van der Waals surface area contributed by atoms with Crippen molar-refractivity contribution in [3.8, 4) is 5.75 Å². The van der Waals surface area contributed by atoms with Gasteiger partial charge in [-0.15, -0.1) is 0 Å². The molecule has 1 aliphatic heterocycles. The summed E-state index contributed by atoms with van der Waals surface area (Å²) in [4.78, 5) is 12.7. The Labute approximate surface area is 254 Å². The topological polar surface area (TPSA) is 54.0 Å². The molecule has 1 fully saturated rings. The lowest BCUT2D eigenvalue weighted by atomic mass is 9.88. The van der Waals surface area contributed by atoms with Crippen LogP contribution in [0, 0.1) is 5.92 Å². The molecule has 1 aliphatic carbocycles. The molecular formula is C32H55BrO5Si2. The van der Waals surface area contributed by atoms with Crippen LogP contribution in [0.1, 0.15) is 111 Å². The molecule has 0 amide bonds. The molecule has 0 saturated heterocycles. The second-order valence-corrected chi connectivity index (χ2v) is 25.8. The van der Waals surface area contributed by atoms with Crippen LogP contribution >= 0.6 is 15.9 Å². The number of ether oxygens (including phenoxy) is 2. The van der Waals surface area contributed by atoms with Gasteiger partial charge in [0.1, 0.15) is 17.4 Å². The standard InChI is InChI=1S/C32H55BrO5Si2/c1-18(2)39(19(3)4,20(5)6)36-17-27-28(38-40(21(7)8,22(9)10)23(11)12)16-29-30(27)25-14-24(33)15-26(31(25)37-29)32(34)35-13/h14-15,18-23,27-30H,16-17H2,1-13H3/t27-,28+,29-,30+/m0/s1. The maximum absolute atomic E-state index is 12.7. The normalized spacial score (nSPS) is 23.1. The van der Waals surface area contributed by atoms with Crippen molar-refractivity contribution in [3.63, 3.8) is 0 Å². The Hall–Kier alpha value is -0.676. The van der Waals surface area contributed by atoms with E-state index in [2.05, 4.69) is 105 Å². The van der Waals surface area contributed by atoms with Gasteiger partial charge in [0.15, 0.2) is 8.32 Å². The summed E-state index contributed by atoms with van der Waals surface area (Å²) in [5.74, 6) is 0.568. The molecule has 1 saturated carbocycles. The quantitative estimate of drug-likeness (QED) is 0.166. The largest absolute Gasteiger partial charge is 0.488 e. The Balaban J connectivity index is 2.12. The van der Waals surface area contributed by atoms with Crippen molar-refractivity contribution in [1.82, 2.24) is 0 Å². The van der Waals surface area contributed by atoms with Crippen molar-refractivity contribution in [2.75, 3.05) is 13.7 Å². The molecule has 228 valence electrons. The number of hydrogen-bond acceptors (Lipinski definition) is 5. The lowest BCUT2D eigenvalue weighted by Gasteiger charge is -2.46. The van der Waals surface area contributed by atoms with Crippen LogP contribution in [0.15, 0.2) is 16.6 Å². The van der Waals surface area contributed by atoms with Crippen molar-refractivity contribution in [2.45, 2.75) is 141 Å². The molecule has 1 heterocycles. The van der Waals surface area contributed by atoms with Crippen LogP contribution in [0.3, 0.4) is 0 Å². The van der Waals surface area contributed by atoms with E-state index in [0.717, 1.165) is 16.5 Å². The highest BCUT2D eigenvalue weighted by atomic mass is 79.9. The van der Waals surface area contributed by atoms with Crippen LogP contribution in [0.4, 0.5) is 0 Å². The average Bonchev–Trinajstić information content (AvgIpc) is 3.36. The van der Waals surface area contributed by atoms with E-state index in [9.17, 15) is 4.79 Å². The van der Waals surface area contributed by atoms with E-state index in [1.165, 1.54) is 7.11 Å². The van der Waals surface area contributed by atoms with Crippen LogP contribution in [0.5, 0.6) is 5.75 Å². The SMILES string of the molecule is COC(=O)c1cc(Br)cc2c1O[C@H]1C[C@@H](O[Si](C(C)C)(C(C)C)C(C)C)[C@H](CO[Si](C(C)C)(C(C)C)C(C)C)[C@@H]21. The molecule has 40 heavy (non-hydrogen) atoms. The number of hydrogen-bond donors (Lipinski definition) is 0. The van der Waals surface area contributed by atoms with E-state index in [-0.39, 0.29) is 30.0 Å². The van der Waals surface area contributed by atoms with Gasteiger partial charge in [-0.25, -0.2) is 4.79 Å². The molecule has 8 heteroatoms. The van der Waals surface area contributed by atoms with Gasteiger partial charge < -0.3 is 18.3 Å². The van der Waals surface area contributed by atoms with Gasteiger partial charge in [0.05, 0.1) is 13.2 Å². The summed E-state index contributed by atoms with van der Waals surface area (Å²) in [6, 6.07) is 3.95. The Morgan fingerprint density at radius 3 is 1.82 bits per heavy atom. The minimum Gasteiger partial charge on any atom is -0.488 e. The molecule has 0 unspecified atom stereocenters. The van der Waals surface area contributed by atoms with Gasteiger partial charge in [-0.2, -0.15) is 0 Å². The van der Waals surface area contributed by atoms with Crippen LogP contribution in [-0.4, -0.2) is 48.5 Å². The minimum atomic E-state index is -2.14. The van der Waals surface area contributed by atoms with E-state index in [4.69, 9.17) is 18.3 Å². The monoisotopic (exact) mass is 654 g/mol. The van der Waals surface area contributed by atoms with E-state index in [1.807, 2.05) is 6.07 Å². The fraction of sp³-hybridized carbons (Fsp3) is 0.781. The molecule has 1 aromatic carbocycles. The third-order valence-corrected chi connectivity index (χ3v) is 22.9. The minimum absolute atomic E-state index is 0.0438. The second kappa shape index (κ2) is 12.9. The van der Waals surface area contributed by atoms with Crippen molar-refractivity contribution in [1.29, 1.82) is 0 Å². The van der Waals surface area contributed by atoms with Crippen LogP contribution in [0.2, 0.25) is 33.2 Å². The summed E-state index contributed by atoms with van der Waals surface area (Å²) in [5.41, 5.74) is 4.58. The molecule has 0 N–H and O–H groups in total. The predicted octanol–water partition coefficient (Wildman–Crippen LogP) is 9.85. The second-order valence-electron chi connectivity index (χ2n) is 14.0. The lowest BCUT2D eigenvalue weighted by molar-refractivity contribution is 0.0594. The van der Waals surface area contributed by atoms with Gasteiger partial charge in [0, 0.05) is 34.9 Å². The predicted molar refractivity (Wildman–Crippen MR) is 174 cm³/mol. The number of halogens is 1. The third kappa shape index (κ3) is 5.78. The van der Waals surface area contributed by atoms with Gasteiger partial charge in [-0.1, -0.05) is 99.0 Å². The van der Waals surface area contributed by atoms with E-state index in [0.29, 0.717) is 51.2 Å². The number of fused-ring (bicyclic) bond motifs is 3. The van der Waals surface area contributed by atoms with Gasteiger partial charge in [-0.3, -0.25) is 0 Å². The molecule has 0 aromatic heterocycles. The Kier molecular flexibility index (Phi) is 10.9. The van der Waals surface area contributed by atoms with E-state index in [1.54, 1.807) is 0 Å². The van der Waals surface area contributed by atoms with E-state index >= 15 is 0 Å². The van der Waals surface area contributed by atoms with Crippen LogP contribution in [0.25, 0.3) is 0 Å². The Bertz CT molecular complexity index is 995. The first-order chi connectivity index (χ1) is 18.6. The first kappa shape index (κ1) is 33.8. The summed E-state index contributed by atoms with van der Waals surface area (Å²) >= 11 is 3.67. The van der Waals surface area contributed by atoms with Crippen molar-refractivity contribution in [3.05, 3.63) is 27.7 Å². The number of carbonyl (C=O) groups excluding carboxylic acids is 1. The highest BCUT2D eigenvalue weighted by Gasteiger charge is 2.57. The van der Waals surface area contributed by atoms with Gasteiger partial charge in [0.2, 0.25) is 8.32 Å². The summed E-state index contributed by atoms with van der Waals surface area (Å²) in [6.07, 6.45) is 0.824. The van der Waals surface area contributed by atoms with Crippen molar-refractivity contribution >= 4 is 38.5 Å². The van der Waals surface area contributed by atoms with Gasteiger partial charge in [-0.05, 0) is 45.4 Å². The summed E-state index contributed by atoms with van der Waals surface area (Å²) < 4.78 is 27.4. The molecule has 0 bridgehead atoms. The molecule has 5 nitrogen and oxygen atoms in total. The lowest BCUT2D eigenvalue weighted by Crippen LogP contribution is -2.52. The molecule has 4 atom stereocenters. The number of esters is 1. The average molecular weight is 656 g/mol. The fourth-order valence-electron chi connectivity index (χ4n) is 8.77. The third-order valence-electron chi connectivity index (χ3n) is 10.2. The molecule has 2 aliphatic rings. The number of methoxy groups -OCH3 is 1. The summed E-state index contributed by atoms with van der Waals surface area (Å²) in [7, 11) is -2.82. The fourth-order valence-corrected chi connectivity index (χ4v) is 20.3. The first-order valence-corrected chi connectivity index (χ1v) is 20.5. The molecule has 0 radical (unpaired) electrons. The summed E-state index contributed by atoms with van der Waals surface area (Å²) in [5, 5.41) is 0. The zero-order valence-electron chi connectivity index (χ0n) is 27.3. The van der Waals surface area contributed by atoms with Crippen LogP contribution in [-0.2, 0) is 13.6 Å². The summed E-state index contributed by atoms with van der Waals surface area (Å²) in [6.45, 7) is 28.9. The van der Waals surface area contributed by atoms with E-state index < -0.39 is 16.6 Å². The number of benzene rings is 1. The van der Waals surface area contributed by atoms with Crippen molar-refractivity contribution in [2.24, 2.45) is 5.92 Å². The van der Waals surface area contributed by atoms with Crippen molar-refractivity contribution < 1.29 is 23.1 Å². The van der Waals surface area contributed by atoms with Gasteiger partial charge >= 0.3 is 5.97 Å². The maximum atomic E-state index is 12.7. The number of carbonyl (C=O) groups is 1. The highest BCUT2D eigenvalue weighted by molar-refractivity contribution is 9.10.